The quantitative estimate of drug-likeness (QED) is 0.338. The number of esters is 1. The Morgan fingerprint density at radius 1 is 1.41 bits per heavy atom. The molecule has 0 amide bonds. The van der Waals surface area contributed by atoms with Crippen LogP contribution in [0.1, 0.15) is 12.0 Å². The first-order valence-electron chi connectivity index (χ1n) is 5.09. The highest BCUT2D eigenvalue weighted by Gasteiger charge is 2.12. The van der Waals surface area contributed by atoms with Gasteiger partial charge in [0, 0.05) is 16.9 Å². The lowest BCUT2D eigenvalue weighted by molar-refractivity contribution is -0.479. The van der Waals surface area contributed by atoms with Crippen molar-refractivity contribution in [1.29, 1.82) is 0 Å². The van der Waals surface area contributed by atoms with Crippen molar-refractivity contribution in [1.82, 2.24) is 0 Å². The number of rotatable bonds is 5. The van der Waals surface area contributed by atoms with E-state index in [2.05, 4.69) is 4.74 Å². The van der Waals surface area contributed by atoms with E-state index in [9.17, 15) is 14.9 Å². The predicted molar refractivity (Wildman–Crippen MR) is 62.9 cm³/mol. The van der Waals surface area contributed by atoms with Crippen LogP contribution in [0.25, 0.3) is 6.08 Å². The molecular formula is C12H13NO4. The fourth-order valence-corrected chi connectivity index (χ4v) is 1.33. The van der Waals surface area contributed by atoms with Gasteiger partial charge in [-0.25, -0.2) is 4.79 Å². The molecule has 0 heterocycles. The van der Waals surface area contributed by atoms with Crippen molar-refractivity contribution in [2.24, 2.45) is 0 Å². The summed E-state index contributed by atoms with van der Waals surface area (Å²) >= 11 is 0. The summed E-state index contributed by atoms with van der Waals surface area (Å²) in [5.41, 5.74) is 1.12. The summed E-state index contributed by atoms with van der Waals surface area (Å²) < 4.78 is 4.59. The number of carbonyl (C=O) groups excluding carboxylic acids is 1. The van der Waals surface area contributed by atoms with Gasteiger partial charge < -0.3 is 4.74 Å². The maximum Gasteiger partial charge on any atom is 0.333 e. The number of ether oxygens (including phenoxy) is 1. The maximum atomic E-state index is 11.4. The van der Waals surface area contributed by atoms with Crippen molar-refractivity contribution in [2.45, 2.75) is 6.42 Å². The number of hydrogen-bond donors (Lipinski definition) is 0. The zero-order valence-electron chi connectivity index (χ0n) is 9.46. The number of nitrogens with zero attached hydrogens (tertiary/aromatic N) is 1. The van der Waals surface area contributed by atoms with Crippen molar-refractivity contribution < 1.29 is 14.5 Å². The molecule has 0 aliphatic rings. The Morgan fingerprint density at radius 2 is 2.06 bits per heavy atom. The van der Waals surface area contributed by atoms with Gasteiger partial charge in [0.15, 0.2) is 0 Å². The van der Waals surface area contributed by atoms with Gasteiger partial charge in [0.25, 0.3) is 0 Å². The zero-order valence-corrected chi connectivity index (χ0v) is 9.46. The second-order valence-electron chi connectivity index (χ2n) is 3.38. The van der Waals surface area contributed by atoms with Gasteiger partial charge in [0.05, 0.1) is 7.11 Å². The minimum atomic E-state index is -0.532. The lowest BCUT2D eigenvalue weighted by Crippen LogP contribution is -2.10. The highest BCUT2D eigenvalue weighted by atomic mass is 16.6. The third kappa shape index (κ3) is 4.46. The van der Waals surface area contributed by atoms with Gasteiger partial charge in [-0.15, -0.1) is 0 Å². The highest BCUT2D eigenvalue weighted by molar-refractivity contribution is 5.93. The van der Waals surface area contributed by atoms with Gasteiger partial charge in [0.2, 0.25) is 6.54 Å². The summed E-state index contributed by atoms with van der Waals surface area (Å²) in [5.74, 6) is -0.532. The van der Waals surface area contributed by atoms with Crippen LogP contribution < -0.4 is 0 Å². The summed E-state index contributed by atoms with van der Waals surface area (Å²) in [7, 11) is 1.26. The molecule has 5 heteroatoms. The fourth-order valence-electron chi connectivity index (χ4n) is 1.33. The Morgan fingerprint density at radius 3 is 2.59 bits per heavy atom. The first-order chi connectivity index (χ1) is 8.13. The van der Waals surface area contributed by atoms with Gasteiger partial charge in [-0.3, -0.25) is 10.1 Å². The SMILES string of the molecule is COC(=O)/C(=C/c1ccccc1)CC[N+](=O)[O-]. The number of carbonyl (C=O) groups is 1. The van der Waals surface area contributed by atoms with Gasteiger partial charge in [-0.05, 0) is 11.6 Å². The molecular weight excluding hydrogens is 222 g/mol. The molecule has 0 radical (unpaired) electrons. The van der Waals surface area contributed by atoms with Crippen LogP contribution in [-0.4, -0.2) is 24.5 Å². The highest BCUT2D eigenvalue weighted by Crippen LogP contribution is 2.11. The van der Waals surface area contributed by atoms with Crippen molar-refractivity contribution in [2.75, 3.05) is 13.7 Å². The van der Waals surface area contributed by atoms with Crippen LogP contribution in [0.4, 0.5) is 0 Å². The molecule has 0 aliphatic heterocycles. The van der Waals surface area contributed by atoms with E-state index in [1.165, 1.54) is 7.11 Å². The molecule has 5 nitrogen and oxygen atoms in total. The number of benzene rings is 1. The van der Waals surface area contributed by atoms with Crippen LogP contribution in [0, 0.1) is 10.1 Å². The van der Waals surface area contributed by atoms with Crippen LogP contribution in [0.5, 0.6) is 0 Å². The van der Waals surface area contributed by atoms with Crippen molar-refractivity contribution in [3.05, 3.63) is 51.6 Å². The van der Waals surface area contributed by atoms with Crippen LogP contribution in [0.2, 0.25) is 0 Å². The van der Waals surface area contributed by atoms with Crippen molar-refractivity contribution in [3.8, 4) is 0 Å². The Labute approximate surface area is 98.9 Å². The molecule has 0 atom stereocenters. The lowest BCUT2D eigenvalue weighted by Gasteiger charge is -2.03. The van der Waals surface area contributed by atoms with Crippen molar-refractivity contribution >= 4 is 12.0 Å². The monoisotopic (exact) mass is 235 g/mol. The van der Waals surface area contributed by atoms with E-state index in [1.807, 2.05) is 30.3 Å². The summed E-state index contributed by atoms with van der Waals surface area (Å²) in [6, 6.07) is 9.14. The Hall–Kier alpha value is -2.17. The Balaban J connectivity index is 2.86. The van der Waals surface area contributed by atoms with E-state index < -0.39 is 10.9 Å². The number of nitro groups is 1. The van der Waals surface area contributed by atoms with Crippen LogP contribution >= 0.6 is 0 Å². The normalized spacial score (nSPS) is 11.0. The smallest absolute Gasteiger partial charge is 0.333 e. The molecule has 17 heavy (non-hydrogen) atoms. The minimum absolute atomic E-state index is 0.0641. The standard InChI is InChI=1S/C12H13NO4/c1-17-12(14)11(7-8-13(15)16)9-10-5-3-2-4-6-10/h2-6,9H,7-8H2,1H3/b11-9+. The van der Waals surface area contributed by atoms with Gasteiger partial charge >= 0.3 is 5.97 Å². The van der Waals surface area contributed by atoms with E-state index >= 15 is 0 Å². The molecule has 0 unspecified atom stereocenters. The molecule has 1 aromatic rings. The van der Waals surface area contributed by atoms with E-state index in [0.29, 0.717) is 5.57 Å². The van der Waals surface area contributed by atoms with E-state index in [-0.39, 0.29) is 13.0 Å². The van der Waals surface area contributed by atoms with Crippen LogP contribution in [0.15, 0.2) is 35.9 Å². The summed E-state index contributed by atoms with van der Waals surface area (Å²) in [6.07, 6.45) is 1.67. The molecule has 0 aliphatic carbocycles. The average molecular weight is 235 g/mol. The summed E-state index contributed by atoms with van der Waals surface area (Å²) in [6.45, 7) is -0.284. The molecule has 0 bridgehead atoms. The van der Waals surface area contributed by atoms with Gasteiger partial charge in [0.1, 0.15) is 0 Å². The first-order valence-corrected chi connectivity index (χ1v) is 5.09. The van der Waals surface area contributed by atoms with E-state index in [0.717, 1.165) is 5.56 Å². The number of methoxy groups -OCH3 is 1. The zero-order chi connectivity index (χ0) is 12.7. The molecule has 0 saturated heterocycles. The molecule has 0 N–H and O–H groups in total. The number of hydrogen-bond acceptors (Lipinski definition) is 4. The predicted octanol–water partition coefficient (Wildman–Crippen LogP) is 1.91. The van der Waals surface area contributed by atoms with Crippen molar-refractivity contribution in [3.63, 3.8) is 0 Å². The van der Waals surface area contributed by atoms with Gasteiger partial charge in [-0.2, -0.15) is 0 Å². The molecule has 1 aromatic carbocycles. The third-order valence-electron chi connectivity index (χ3n) is 2.15. The molecule has 0 spiro atoms. The molecule has 0 aromatic heterocycles. The average Bonchev–Trinajstić information content (AvgIpc) is 2.34. The van der Waals surface area contributed by atoms with Gasteiger partial charge in [-0.1, -0.05) is 30.3 Å². The lowest BCUT2D eigenvalue weighted by atomic mass is 10.1. The van der Waals surface area contributed by atoms with Crippen LogP contribution in [-0.2, 0) is 9.53 Å². The minimum Gasteiger partial charge on any atom is -0.466 e. The molecule has 0 saturated carbocycles. The molecule has 0 fully saturated rings. The first kappa shape index (κ1) is 12.9. The van der Waals surface area contributed by atoms with Crippen LogP contribution in [0.3, 0.4) is 0 Å². The second-order valence-corrected chi connectivity index (χ2v) is 3.38. The molecule has 90 valence electrons. The van der Waals surface area contributed by atoms with E-state index in [1.54, 1.807) is 6.08 Å². The second kappa shape index (κ2) is 6.42. The third-order valence-corrected chi connectivity index (χ3v) is 2.15. The Kier molecular flexibility index (Phi) is 4.87. The Bertz CT molecular complexity index is 425. The summed E-state index contributed by atoms with van der Waals surface area (Å²) in [4.78, 5) is 21.3. The molecule has 1 rings (SSSR count). The maximum absolute atomic E-state index is 11.4. The summed E-state index contributed by atoms with van der Waals surface area (Å²) in [5, 5.41) is 10.3. The largest absolute Gasteiger partial charge is 0.466 e. The van der Waals surface area contributed by atoms with E-state index in [4.69, 9.17) is 0 Å². The topological polar surface area (TPSA) is 69.4 Å². The fraction of sp³-hybridized carbons (Fsp3) is 0.250.